The van der Waals surface area contributed by atoms with Gasteiger partial charge in [0.25, 0.3) is 0 Å². The zero-order valence-corrected chi connectivity index (χ0v) is 18.6. The van der Waals surface area contributed by atoms with Crippen molar-refractivity contribution < 1.29 is 33.2 Å². The fourth-order valence-electron chi connectivity index (χ4n) is 4.08. The molecule has 0 saturated carbocycles. The van der Waals surface area contributed by atoms with Gasteiger partial charge in [-0.3, -0.25) is 0 Å². The second-order valence-electron chi connectivity index (χ2n) is 9.06. The Labute approximate surface area is 178 Å². The van der Waals surface area contributed by atoms with Crippen LogP contribution in [-0.2, 0) is 35.0 Å². The Morgan fingerprint density at radius 3 is 2.40 bits per heavy atom. The van der Waals surface area contributed by atoms with Gasteiger partial charge in [0, 0.05) is 0 Å². The largest absolute Gasteiger partial charge is 0.494 e. The van der Waals surface area contributed by atoms with Gasteiger partial charge in [-0.2, -0.15) is 0 Å². The predicted molar refractivity (Wildman–Crippen MR) is 109 cm³/mol. The number of benzene rings is 1. The Morgan fingerprint density at radius 1 is 0.967 bits per heavy atom. The molecule has 7 heteroatoms. The van der Waals surface area contributed by atoms with Crippen molar-refractivity contribution in [2.45, 2.75) is 96.3 Å². The van der Waals surface area contributed by atoms with Crippen LogP contribution in [-0.4, -0.2) is 55.5 Å². The molecular formula is C23H34O7. The number of unbranched alkanes of at least 4 members (excludes halogenated alkanes) is 1. The van der Waals surface area contributed by atoms with Crippen molar-refractivity contribution in [2.75, 3.05) is 13.2 Å². The van der Waals surface area contributed by atoms with Gasteiger partial charge in [-0.1, -0.05) is 25.5 Å². The van der Waals surface area contributed by atoms with Crippen molar-refractivity contribution in [2.24, 2.45) is 0 Å². The summed E-state index contributed by atoms with van der Waals surface area (Å²) in [6, 6.07) is 8.01. The van der Waals surface area contributed by atoms with Crippen LogP contribution >= 0.6 is 0 Å². The zero-order chi connectivity index (χ0) is 21.4. The van der Waals surface area contributed by atoms with Gasteiger partial charge in [0.15, 0.2) is 17.9 Å². The van der Waals surface area contributed by atoms with E-state index < -0.39 is 17.9 Å². The molecule has 3 fully saturated rings. The molecule has 0 aliphatic carbocycles. The van der Waals surface area contributed by atoms with Crippen LogP contribution in [0.1, 0.15) is 53.0 Å². The van der Waals surface area contributed by atoms with E-state index in [9.17, 15) is 0 Å². The van der Waals surface area contributed by atoms with Crippen LogP contribution in [0.3, 0.4) is 0 Å². The lowest BCUT2D eigenvalue weighted by atomic mass is 10.1. The van der Waals surface area contributed by atoms with Crippen LogP contribution in [0.4, 0.5) is 0 Å². The molecule has 3 saturated heterocycles. The van der Waals surface area contributed by atoms with Crippen molar-refractivity contribution in [1.29, 1.82) is 0 Å². The molecule has 0 unspecified atom stereocenters. The summed E-state index contributed by atoms with van der Waals surface area (Å²) < 4.78 is 42.0. The van der Waals surface area contributed by atoms with E-state index in [4.69, 9.17) is 33.2 Å². The summed E-state index contributed by atoms with van der Waals surface area (Å²) in [5, 5.41) is 0. The van der Waals surface area contributed by atoms with Crippen LogP contribution in [0.25, 0.3) is 0 Å². The molecule has 7 nitrogen and oxygen atoms in total. The lowest BCUT2D eigenvalue weighted by Crippen LogP contribution is -2.44. The minimum atomic E-state index is -0.703. The maximum absolute atomic E-state index is 6.32. The van der Waals surface area contributed by atoms with Crippen molar-refractivity contribution in [3.63, 3.8) is 0 Å². The highest BCUT2D eigenvalue weighted by Gasteiger charge is 2.58. The maximum Gasteiger partial charge on any atom is 0.190 e. The highest BCUT2D eigenvalue weighted by Crippen LogP contribution is 2.42. The first kappa shape index (κ1) is 22.0. The van der Waals surface area contributed by atoms with Gasteiger partial charge in [-0.05, 0) is 51.8 Å². The van der Waals surface area contributed by atoms with E-state index in [2.05, 4.69) is 6.92 Å². The first-order chi connectivity index (χ1) is 14.3. The third-order valence-corrected chi connectivity index (χ3v) is 5.56. The lowest BCUT2D eigenvalue weighted by molar-refractivity contribution is -0.236. The number of fused-ring (bicyclic) bond motifs is 1. The van der Waals surface area contributed by atoms with E-state index in [1.807, 2.05) is 52.0 Å². The summed E-state index contributed by atoms with van der Waals surface area (Å²) in [7, 11) is 0. The quantitative estimate of drug-likeness (QED) is 0.591. The molecule has 0 amide bonds. The van der Waals surface area contributed by atoms with E-state index in [-0.39, 0.29) is 24.4 Å². The average molecular weight is 423 g/mol. The molecule has 3 heterocycles. The fourth-order valence-corrected chi connectivity index (χ4v) is 4.08. The minimum absolute atomic E-state index is 0.236. The molecule has 4 rings (SSSR count). The van der Waals surface area contributed by atoms with Crippen LogP contribution in [0, 0.1) is 0 Å². The second kappa shape index (κ2) is 8.73. The van der Waals surface area contributed by atoms with Crippen LogP contribution in [0.15, 0.2) is 24.3 Å². The smallest absolute Gasteiger partial charge is 0.190 e. The standard InChI is InChI=1S/C23H34O7/c1-6-7-12-24-16-10-8-15(9-11-16)13-25-19-18(17-14-26-22(2,3)28-17)27-21-20(19)29-23(4,5)30-21/h8-11,17-21H,6-7,12-14H2,1-5H3/t17-,18+,19+,20+,21-/m0/s1. The third-order valence-electron chi connectivity index (χ3n) is 5.56. The first-order valence-electron chi connectivity index (χ1n) is 10.9. The van der Waals surface area contributed by atoms with Gasteiger partial charge >= 0.3 is 0 Å². The van der Waals surface area contributed by atoms with E-state index >= 15 is 0 Å². The molecule has 3 aliphatic rings. The number of rotatable bonds is 8. The molecule has 0 bridgehead atoms. The van der Waals surface area contributed by atoms with Gasteiger partial charge in [0.2, 0.25) is 0 Å². The predicted octanol–water partition coefficient (Wildman–Crippen LogP) is 3.78. The lowest BCUT2D eigenvalue weighted by Gasteiger charge is -2.29. The Kier molecular flexibility index (Phi) is 6.40. The Morgan fingerprint density at radius 2 is 1.73 bits per heavy atom. The van der Waals surface area contributed by atoms with Gasteiger partial charge in [-0.15, -0.1) is 0 Å². The summed E-state index contributed by atoms with van der Waals surface area (Å²) in [5.74, 6) is -0.460. The van der Waals surface area contributed by atoms with Gasteiger partial charge in [-0.25, -0.2) is 0 Å². The van der Waals surface area contributed by atoms with Gasteiger partial charge in [0.05, 0.1) is 19.8 Å². The van der Waals surface area contributed by atoms with Crippen molar-refractivity contribution in [1.82, 2.24) is 0 Å². The van der Waals surface area contributed by atoms with Crippen LogP contribution in [0.5, 0.6) is 5.75 Å². The normalized spacial score (nSPS) is 34.2. The summed E-state index contributed by atoms with van der Waals surface area (Å²) in [5.41, 5.74) is 1.06. The minimum Gasteiger partial charge on any atom is -0.494 e. The highest BCUT2D eigenvalue weighted by atomic mass is 16.8. The fraction of sp³-hybridized carbons (Fsp3) is 0.739. The summed E-state index contributed by atoms with van der Waals surface area (Å²) in [4.78, 5) is 0. The SMILES string of the molecule is CCCCOc1ccc(CO[C@H]2[C@H]3OC(C)(C)O[C@@H]3O[C@@H]2[C@@H]2COC(C)(C)O2)cc1. The summed E-state index contributed by atoms with van der Waals surface area (Å²) in [6.45, 7) is 11.3. The Balaban J connectivity index is 1.40. The van der Waals surface area contributed by atoms with E-state index in [1.54, 1.807) is 0 Å². The molecule has 1 aromatic rings. The molecule has 3 aliphatic heterocycles. The first-order valence-corrected chi connectivity index (χ1v) is 10.9. The average Bonchev–Trinajstić information content (AvgIpc) is 3.30. The zero-order valence-electron chi connectivity index (χ0n) is 18.6. The van der Waals surface area contributed by atoms with Gasteiger partial charge in [0.1, 0.15) is 30.2 Å². The van der Waals surface area contributed by atoms with Crippen LogP contribution < -0.4 is 4.74 Å². The molecular weight excluding hydrogens is 388 g/mol. The maximum atomic E-state index is 6.32. The summed E-state index contributed by atoms with van der Waals surface area (Å²) in [6.07, 6.45) is 0.507. The topological polar surface area (TPSA) is 64.6 Å². The molecule has 168 valence electrons. The molecule has 5 atom stereocenters. The molecule has 0 radical (unpaired) electrons. The highest BCUT2D eigenvalue weighted by molar-refractivity contribution is 5.26. The van der Waals surface area contributed by atoms with Gasteiger partial charge < -0.3 is 33.2 Å². The monoisotopic (exact) mass is 422 g/mol. The third kappa shape index (κ3) is 4.98. The number of ether oxygens (including phenoxy) is 7. The van der Waals surface area contributed by atoms with Crippen molar-refractivity contribution in [3.8, 4) is 5.75 Å². The van der Waals surface area contributed by atoms with E-state index in [0.29, 0.717) is 13.2 Å². The Hall–Kier alpha value is -1.22. The van der Waals surface area contributed by atoms with Crippen molar-refractivity contribution >= 4 is 0 Å². The Bertz CT molecular complexity index is 702. The van der Waals surface area contributed by atoms with E-state index in [0.717, 1.165) is 30.8 Å². The van der Waals surface area contributed by atoms with Crippen molar-refractivity contribution in [3.05, 3.63) is 29.8 Å². The molecule has 1 aromatic carbocycles. The summed E-state index contributed by atoms with van der Waals surface area (Å²) >= 11 is 0. The molecule has 30 heavy (non-hydrogen) atoms. The second-order valence-corrected chi connectivity index (χ2v) is 9.06. The molecule has 0 aromatic heterocycles. The number of hydrogen-bond donors (Lipinski definition) is 0. The van der Waals surface area contributed by atoms with Crippen LogP contribution in [0.2, 0.25) is 0 Å². The molecule has 0 N–H and O–H groups in total. The molecule has 0 spiro atoms. The van der Waals surface area contributed by atoms with E-state index in [1.165, 1.54) is 0 Å². The number of hydrogen-bond acceptors (Lipinski definition) is 7.